The van der Waals surface area contributed by atoms with Gasteiger partial charge in [-0.2, -0.15) is 5.10 Å². The van der Waals surface area contributed by atoms with Crippen LogP contribution in [0.2, 0.25) is 5.02 Å². The molecule has 0 bridgehead atoms. The fraction of sp³-hybridized carbons (Fsp3) is 0.0476. The predicted octanol–water partition coefficient (Wildman–Crippen LogP) is 3.81. The molecule has 1 amide bonds. The zero-order valence-corrected chi connectivity index (χ0v) is 15.4. The fourth-order valence-corrected chi connectivity index (χ4v) is 3.00. The van der Waals surface area contributed by atoms with E-state index in [0.717, 1.165) is 5.56 Å². The maximum absolute atomic E-state index is 12.4. The number of carbonyl (C=O) groups is 1. The Balaban J connectivity index is 1.52. The molecular weight excluding hydrogens is 376 g/mol. The van der Waals surface area contributed by atoms with Gasteiger partial charge < -0.3 is 5.32 Å². The Kier molecular flexibility index (Phi) is 4.87. The highest BCUT2D eigenvalue weighted by molar-refractivity contribution is 6.30. The molecule has 0 spiro atoms. The summed E-state index contributed by atoms with van der Waals surface area (Å²) in [5.74, 6) is -0.205. The number of nitrogens with one attached hydrogen (secondary N) is 2. The molecule has 28 heavy (non-hydrogen) atoms. The summed E-state index contributed by atoms with van der Waals surface area (Å²) in [5, 5.41) is 10.6. The number of rotatable bonds is 4. The van der Waals surface area contributed by atoms with Gasteiger partial charge in [-0.1, -0.05) is 23.7 Å². The van der Waals surface area contributed by atoms with Crippen molar-refractivity contribution in [1.82, 2.24) is 15.2 Å². The highest BCUT2D eigenvalue weighted by Gasteiger charge is 2.10. The minimum absolute atomic E-state index is 0.205. The van der Waals surface area contributed by atoms with E-state index in [9.17, 15) is 9.59 Å². The van der Waals surface area contributed by atoms with E-state index in [1.807, 2.05) is 12.1 Å². The van der Waals surface area contributed by atoms with Crippen LogP contribution < -0.4 is 10.9 Å². The monoisotopic (exact) mass is 390 g/mol. The number of nitrogens with zero attached hydrogens (tertiary/aromatic N) is 2. The summed E-state index contributed by atoms with van der Waals surface area (Å²) in [7, 11) is 0. The first-order chi connectivity index (χ1) is 13.6. The van der Waals surface area contributed by atoms with Crippen molar-refractivity contribution in [3.05, 3.63) is 99.1 Å². The number of hydrogen-bond acceptors (Lipinski definition) is 4. The van der Waals surface area contributed by atoms with Gasteiger partial charge >= 0.3 is 0 Å². The fourth-order valence-electron chi connectivity index (χ4n) is 2.88. The quantitative estimate of drug-likeness (QED) is 0.554. The van der Waals surface area contributed by atoms with Gasteiger partial charge in [-0.05, 0) is 54.1 Å². The number of anilines is 1. The Labute approximate surface area is 165 Å². The second kappa shape index (κ2) is 7.62. The van der Waals surface area contributed by atoms with Crippen molar-refractivity contribution in [3.8, 4) is 0 Å². The molecule has 0 saturated carbocycles. The number of H-pyrrole nitrogens is 1. The van der Waals surface area contributed by atoms with E-state index in [4.69, 9.17) is 11.6 Å². The van der Waals surface area contributed by atoms with Crippen LogP contribution in [0.3, 0.4) is 0 Å². The molecule has 138 valence electrons. The molecule has 0 aliphatic rings. The number of aromatic nitrogens is 3. The minimum atomic E-state index is -0.263. The molecule has 0 fully saturated rings. The molecule has 0 saturated heterocycles. The van der Waals surface area contributed by atoms with Crippen molar-refractivity contribution < 1.29 is 4.79 Å². The molecule has 0 radical (unpaired) electrons. The molecule has 0 unspecified atom stereocenters. The highest BCUT2D eigenvalue weighted by atomic mass is 35.5. The van der Waals surface area contributed by atoms with Crippen LogP contribution in [0.4, 0.5) is 5.69 Å². The van der Waals surface area contributed by atoms with Crippen LogP contribution in [-0.4, -0.2) is 21.1 Å². The molecular formula is C21H15ClN4O2. The summed E-state index contributed by atoms with van der Waals surface area (Å²) in [4.78, 5) is 28.5. The minimum Gasteiger partial charge on any atom is -0.322 e. The van der Waals surface area contributed by atoms with Crippen LogP contribution in [0.1, 0.15) is 21.6 Å². The topological polar surface area (TPSA) is 87.7 Å². The van der Waals surface area contributed by atoms with Gasteiger partial charge in [0.2, 0.25) is 0 Å². The number of hydrogen-bond donors (Lipinski definition) is 2. The van der Waals surface area contributed by atoms with Gasteiger partial charge in [0.05, 0.1) is 16.6 Å². The molecule has 2 heterocycles. The molecule has 4 rings (SSSR count). The second-order valence-corrected chi connectivity index (χ2v) is 6.67. The van der Waals surface area contributed by atoms with Gasteiger partial charge in [-0.3, -0.25) is 14.6 Å². The first-order valence-electron chi connectivity index (χ1n) is 8.58. The van der Waals surface area contributed by atoms with Crippen LogP contribution in [-0.2, 0) is 6.42 Å². The first-order valence-corrected chi connectivity index (χ1v) is 8.96. The van der Waals surface area contributed by atoms with E-state index in [2.05, 4.69) is 20.5 Å². The van der Waals surface area contributed by atoms with Crippen molar-refractivity contribution in [1.29, 1.82) is 0 Å². The smallest absolute Gasteiger partial charge is 0.273 e. The van der Waals surface area contributed by atoms with E-state index in [1.165, 1.54) is 0 Å². The lowest BCUT2D eigenvalue weighted by atomic mass is 10.1. The molecule has 4 aromatic rings. The number of amides is 1. The molecule has 2 aromatic heterocycles. The Hall–Kier alpha value is -3.51. The third kappa shape index (κ3) is 3.77. The van der Waals surface area contributed by atoms with E-state index >= 15 is 0 Å². The van der Waals surface area contributed by atoms with E-state index < -0.39 is 0 Å². The Bertz CT molecular complexity index is 1200. The van der Waals surface area contributed by atoms with Crippen molar-refractivity contribution >= 4 is 34.1 Å². The third-order valence-electron chi connectivity index (χ3n) is 4.31. The van der Waals surface area contributed by atoms with Crippen LogP contribution >= 0.6 is 11.6 Å². The van der Waals surface area contributed by atoms with Gasteiger partial charge in [0, 0.05) is 28.9 Å². The Morgan fingerprint density at radius 3 is 2.54 bits per heavy atom. The second-order valence-electron chi connectivity index (χ2n) is 6.23. The van der Waals surface area contributed by atoms with Crippen LogP contribution in [0.5, 0.6) is 0 Å². The summed E-state index contributed by atoms with van der Waals surface area (Å²) in [6.45, 7) is 0. The first kappa shape index (κ1) is 17.9. The molecule has 7 heteroatoms. The largest absolute Gasteiger partial charge is 0.322 e. The zero-order valence-electron chi connectivity index (χ0n) is 14.6. The average molecular weight is 391 g/mol. The molecule has 2 N–H and O–H groups in total. The van der Waals surface area contributed by atoms with E-state index in [-0.39, 0.29) is 11.5 Å². The maximum atomic E-state index is 12.4. The standard InChI is InChI=1S/C21H15ClN4O2/c22-15-7-9-16(10-8-15)24-20(27)14-5-3-13(4-6-14)12-18-19-17(2-1-11-23-19)21(28)26-25-18/h1-11H,12H2,(H,24,27)(H,26,28). The number of carbonyl (C=O) groups excluding carboxylic acids is 1. The summed E-state index contributed by atoms with van der Waals surface area (Å²) < 4.78 is 0. The average Bonchev–Trinajstić information content (AvgIpc) is 2.72. The highest BCUT2D eigenvalue weighted by Crippen LogP contribution is 2.17. The van der Waals surface area contributed by atoms with Gasteiger partial charge in [0.15, 0.2) is 0 Å². The van der Waals surface area contributed by atoms with Crippen molar-refractivity contribution in [2.75, 3.05) is 5.32 Å². The zero-order chi connectivity index (χ0) is 19.5. The predicted molar refractivity (Wildman–Crippen MR) is 109 cm³/mol. The SMILES string of the molecule is O=C(Nc1ccc(Cl)cc1)c1ccc(Cc2n[nH]c(=O)c3cccnc23)cc1. The molecule has 0 atom stereocenters. The summed E-state index contributed by atoms with van der Waals surface area (Å²) in [6, 6.07) is 17.6. The lowest BCUT2D eigenvalue weighted by molar-refractivity contribution is 0.102. The third-order valence-corrected chi connectivity index (χ3v) is 4.56. The lowest BCUT2D eigenvalue weighted by Gasteiger charge is -2.07. The lowest BCUT2D eigenvalue weighted by Crippen LogP contribution is -2.13. The Morgan fingerprint density at radius 1 is 1.04 bits per heavy atom. The van der Waals surface area contributed by atoms with Gasteiger partial charge in [-0.15, -0.1) is 0 Å². The Morgan fingerprint density at radius 2 is 1.79 bits per heavy atom. The van der Waals surface area contributed by atoms with Crippen LogP contribution in [0, 0.1) is 0 Å². The number of halogens is 1. The van der Waals surface area contributed by atoms with Gasteiger partial charge in [0.25, 0.3) is 11.5 Å². The number of pyridine rings is 1. The number of aromatic amines is 1. The molecule has 0 aliphatic carbocycles. The van der Waals surface area contributed by atoms with E-state index in [0.29, 0.717) is 39.3 Å². The van der Waals surface area contributed by atoms with Gasteiger partial charge in [0.1, 0.15) is 0 Å². The van der Waals surface area contributed by atoms with Crippen LogP contribution in [0.15, 0.2) is 71.7 Å². The van der Waals surface area contributed by atoms with Gasteiger partial charge in [-0.25, -0.2) is 5.10 Å². The van der Waals surface area contributed by atoms with Crippen LogP contribution in [0.25, 0.3) is 10.9 Å². The number of benzene rings is 2. The van der Waals surface area contributed by atoms with E-state index in [1.54, 1.807) is 54.7 Å². The van der Waals surface area contributed by atoms with Crippen molar-refractivity contribution in [2.45, 2.75) is 6.42 Å². The summed E-state index contributed by atoms with van der Waals surface area (Å²) in [5.41, 5.74) is 3.16. The molecule has 0 aliphatic heterocycles. The number of fused-ring (bicyclic) bond motifs is 1. The summed E-state index contributed by atoms with van der Waals surface area (Å²) in [6.07, 6.45) is 2.13. The van der Waals surface area contributed by atoms with Crippen molar-refractivity contribution in [2.24, 2.45) is 0 Å². The summed E-state index contributed by atoms with van der Waals surface area (Å²) >= 11 is 5.85. The maximum Gasteiger partial charge on any atom is 0.273 e. The normalized spacial score (nSPS) is 10.8. The molecule has 6 nitrogen and oxygen atoms in total. The molecule has 2 aromatic carbocycles. The van der Waals surface area contributed by atoms with Crippen molar-refractivity contribution in [3.63, 3.8) is 0 Å².